The van der Waals surface area contributed by atoms with E-state index in [0.717, 1.165) is 75.0 Å². The first-order valence-corrected chi connectivity index (χ1v) is 10.5. The fraction of sp³-hybridized carbons (Fsp3) is 0.600. The number of hydrogen-bond donors (Lipinski definition) is 2. The zero-order valence-electron chi connectivity index (χ0n) is 16.9. The normalized spacial score (nSPS) is 24.2. The Morgan fingerprint density at radius 2 is 1.97 bits per heavy atom. The molecule has 2 saturated heterocycles. The third-order valence-electron chi connectivity index (χ3n) is 6.51. The topological polar surface area (TPSA) is 105 Å². The Morgan fingerprint density at radius 1 is 1.17 bits per heavy atom. The van der Waals surface area contributed by atoms with Crippen molar-refractivity contribution in [1.29, 1.82) is 0 Å². The highest BCUT2D eigenvalue weighted by molar-refractivity contribution is 5.73. The molecule has 0 radical (unpaired) electrons. The highest BCUT2D eigenvalue weighted by Gasteiger charge is 2.43. The van der Waals surface area contributed by atoms with Gasteiger partial charge in [0.2, 0.25) is 11.9 Å². The van der Waals surface area contributed by atoms with Crippen LogP contribution in [0.2, 0.25) is 0 Å². The number of fused-ring (bicyclic) bond motifs is 1. The molecule has 5 rings (SSSR count). The summed E-state index contributed by atoms with van der Waals surface area (Å²) in [4.78, 5) is 23.2. The van der Waals surface area contributed by atoms with Crippen LogP contribution in [0.5, 0.6) is 0 Å². The van der Waals surface area contributed by atoms with E-state index in [9.17, 15) is 0 Å². The predicted molar refractivity (Wildman–Crippen MR) is 112 cm³/mol. The van der Waals surface area contributed by atoms with E-state index in [1.807, 2.05) is 0 Å². The van der Waals surface area contributed by atoms with Gasteiger partial charge in [-0.3, -0.25) is 0 Å². The second-order valence-corrected chi connectivity index (χ2v) is 8.01. The SMILES string of the molecule is CC[C@]1(N2CCc3c(-c4cnc(N)nc4)nc(N4CCOCC4)nc32)CCNC1. The first-order valence-electron chi connectivity index (χ1n) is 10.5. The van der Waals surface area contributed by atoms with E-state index >= 15 is 0 Å². The molecule has 2 fully saturated rings. The molecule has 2 aromatic rings. The van der Waals surface area contributed by atoms with Gasteiger partial charge in [-0.1, -0.05) is 6.92 Å². The fourth-order valence-corrected chi connectivity index (χ4v) is 4.76. The molecular weight excluding hydrogens is 368 g/mol. The molecule has 29 heavy (non-hydrogen) atoms. The number of aromatic nitrogens is 4. The van der Waals surface area contributed by atoms with Gasteiger partial charge in [0, 0.05) is 49.7 Å². The minimum Gasteiger partial charge on any atom is -0.378 e. The highest BCUT2D eigenvalue weighted by Crippen LogP contribution is 2.41. The van der Waals surface area contributed by atoms with Crippen LogP contribution < -0.4 is 20.9 Å². The number of nitrogens with zero attached hydrogens (tertiary/aromatic N) is 6. The lowest BCUT2D eigenvalue weighted by Gasteiger charge is -2.39. The number of anilines is 3. The average molecular weight is 396 g/mol. The second kappa shape index (κ2) is 7.38. The molecule has 0 amide bonds. The van der Waals surface area contributed by atoms with E-state index in [1.165, 1.54) is 5.56 Å². The van der Waals surface area contributed by atoms with Gasteiger partial charge in [-0.15, -0.1) is 0 Å². The highest BCUT2D eigenvalue weighted by atomic mass is 16.5. The van der Waals surface area contributed by atoms with Crippen LogP contribution in [0.4, 0.5) is 17.7 Å². The van der Waals surface area contributed by atoms with E-state index in [1.54, 1.807) is 12.4 Å². The monoisotopic (exact) mass is 396 g/mol. The molecule has 0 unspecified atom stereocenters. The quantitative estimate of drug-likeness (QED) is 0.778. The molecule has 2 aromatic heterocycles. The van der Waals surface area contributed by atoms with Gasteiger partial charge in [0.05, 0.1) is 24.4 Å². The molecule has 0 bridgehead atoms. The van der Waals surface area contributed by atoms with E-state index in [4.69, 9.17) is 20.4 Å². The van der Waals surface area contributed by atoms with Gasteiger partial charge in [0.15, 0.2) is 0 Å². The van der Waals surface area contributed by atoms with Crippen molar-refractivity contribution in [2.45, 2.75) is 31.7 Å². The number of rotatable bonds is 4. The summed E-state index contributed by atoms with van der Waals surface area (Å²) in [6.07, 6.45) is 6.70. The third-order valence-corrected chi connectivity index (χ3v) is 6.51. The Labute approximate surface area is 170 Å². The van der Waals surface area contributed by atoms with Gasteiger partial charge in [-0.2, -0.15) is 4.98 Å². The smallest absolute Gasteiger partial charge is 0.228 e. The lowest BCUT2D eigenvalue weighted by molar-refractivity contribution is 0.122. The van der Waals surface area contributed by atoms with E-state index in [0.29, 0.717) is 13.2 Å². The Morgan fingerprint density at radius 3 is 2.66 bits per heavy atom. The molecule has 3 aliphatic heterocycles. The van der Waals surface area contributed by atoms with Crippen LogP contribution in [0.25, 0.3) is 11.3 Å². The van der Waals surface area contributed by atoms with E-state index < -0.39 is 0 Å². The van der Waals surface area contributed by atoms with Gasteiger partial charge < -0.3 is 25.6 Å². The molecule has 3 aliphatic rings. The number of hydrogen-bond acceptors (Lipinski definition) is 9. The van der Waals surface area contributed by atoms with Crippen LogP contribution in [0.3, 0.4) is 0 Å². The van der Waals surface area contributed by atoms with Crippen molar-refractivity contribution in [3.63, 3.8) is 0 Å². The summed E-state index contributed by atoms with van der Waals surface area (Å²) in [5.41, 5.74) is 8.84. The molecule has 0 aromatic carbocycles. The largest absolute Gasteiger partial charge is 0.378 e. The summed E-state index contributed by atoms with van der Waals surface area (Å²) in [5.74, 6) is 2.11. The summed E-state index contributed by atoms with van der Waals surface area (Å²) < 4.78 is 5.53. The van der Waals surface area contributed by atoms with Crippen molar-refractivity contribution >= 4 is 17.7 Å². The summed E-state index contributed by atoms with van der Waals surface area (Å²) in [6.45, 7) is 8.31. The zero-order chi connectivity index (χ0) is 19.8. The summed E-state index contributed by atoms with van der Waals surface area (Å²) >= 11 is 0. The number of nitrogens with two attached hydrogens (primary N) is 1. The summed E-state index contributed by atoms with van der Waals surface area (Å²) in [6, 6.07) is 0. The van der Waals surface area contributed by atoms with Crippen molar-refractivity contribution in [3.05, 3.63) is 18.0 Å². The number of ether oxygens (including phenoxy) is 1. The Kier molecular flexibility index (Phi) is 4.71. The van der Waals surface area contributed by atoms with Crippen LogP contribution in [0.1, 0.15) is 25.3 Å². The van der Waals surface area contributed by atoms with Gasteiger partial charge in [0.25, 0.3) is 0 Å². The van der Waals surface area contributed by atoms with Crippen LogP contribution in [-0.4, -0.2) is 71.4 Å². The average Bonchev–Trinajstić information content (AvgIpc) is 3.42. The van der Waals surface area contributed by atoms with Crippen LogP contribution in [-0.2, 0) is 11.2 Å². The molecule has 0 spiro atoms. The lowest BCUT2D eigenvalue weighted by atomic mass is 9.93. The van der Waals surface area contributed by atoms with Crippen molar-refractivity contribution < 1.29 is 4.74 Å². The van der Waals surface area contributed by atoms with E-state index in [-0.39, 0.29) is 11.5 Å². The van der Waals surface area contributed by atoms with E-state index in [2.05, 4.69) is 32.0 Å². The van der Waals surface area contributed by atoms with Crippen LogP contribution >= 0.6 is 0 Å². The molecule has 9 nitrogen and oxygen atoms in total. The Balaban J connectivity index is 1.63. The summed E-state index contributed by atoms with van der Waals surface area (Å²) in [5, 5.41) is 3.56. The van der Waals surface area contributed by atoms with Crippen molar-refractivity contribution in [1.82, 2.24) is 25.3 Å². The minimum atomic E-state index is 0.122. The third kappa shape index (κ3) is 3.18. The Hall–Kier alpha value is -2.52. The summed E-state index contributed by atoms with van der Waals surface area (Å²) in [7, 11) is 0. The van der Waals surface area contributed by atoms with Crippen LogP contribution in [0, 0.1) is 0 Å². The molecule has 154 valence electrons. The maximum atomic E-state index is 5.71. The fourth-order valence-electron chi connectivity index (χ4n) is 4.76. The minimum absolute atomic E-state index is 0.122. The van der Waals surface area contributed by atoms with Gasteiger partial charge >= 0.3 is 0 Å². The number of morpholine rings is 1. The molecule has 3 N–H and O–H groups in total. The predicted octanol–water partition coefficient (Wildman–Crippen LogP) is 0.857. The Bertz CT molecular complexity index is 875. The second-order valence-electron chi connectivity index (χ2n) is 8.01. The van der Waals surface area contributed by atoms with Gasteiger partial charge in [0.1, 0.15) is 5.82 Å². The number of nitrogens with one attached hydrogen (secondary N) is 1. The molecular formula is C20H28N8O. The zero-order valence-corrected chi connectivity index (χ0v) is 16.9. The van der Waals surface area contributed by atoms with Gasteiger partial charge in [-0.05, 0) is 25.8 Å². The first kappa shape index (κ1) is 18.5. The van der Waals surface area contributed by atoms with Crippen LogP contribution in [0.15, 0.2) is 12.4 Å². The van der Waals surface area contributed by atoms with Crippen molar-refractivity contribution in [2.75, 3.05) is 61.5 Å². The van der Waals surface area contributed by atoms with Gasteiger partial charge in [-0.25, -0.2) is 15.0 Å². The maximum Gasteiger partial charge on any atom is 0.228 e. The molecule has 0 saturated carbocycles. The number of nitrogen functional groups attached to an aromatic ring is 1. The molecule has 0 aliphatic carbocycles. The lowest BCUT2D eigenvalue weighted by Crippen LogP contribution is -2.50. The maximum absolute atomic E-state index is 5.71. The standard InChI is InChI=1S/C20H28N8O/c1-2-20(4-5-22-13-20)28-6-3-15-16(14-11-23-18(21)24-12-14)25-19(26-17(15)28)27-7-9-29-10-8-27/h11-12,22H,2-10,13H2,1H3,(H2,21,23,24)/t20-/m0/s1. The van der Waals surface area contributed by atoms with Crippen molar-refractivity contribution in [2.24, 2.45) is 0 Å². The first-order chi connectivity index (χ1) is 14.2. The molecule has 1 atom stereocenters. The molecule has 9 heteroatoms. The van der Waals surface area contributed by atoms with Crippen molar-refractivity contribution in [3.8, 4) is 11.3 Å². The molecule has 5 heterocycles.